The first kappa shape index (κ1) is 18.1. The predicted octanol–water partition coefficient (Wildman–Crippen LogP) is 2.47. The number of H-pyrrole nitrogens is 1. The third-order valence-corrected chi connectivity index (χ3v) is 6.11. The molecule has 154 valence electrons. The minimum absolute atomic E-state index is 0.354. The third kappa shape index (κ3) is 2.55. The summed E-state index contributed by atoms with van der Waals surface area (Å²) in [4.78, 5) is 24.1. The normalized spacial score (nSPS) is 18.7. The Kier molecular flexibility index (Phi) is 3.69. The van der Waals surface area contributed by atoms with Gasteiger partial charge in [-0.05, 0) is 19.9 Å². The fourth-order valence-corrected chi connectivity index (χ4v) is 4.38. The van der Waals surface area contributed by atoms with E-state index in [0.717, 1.165) is 39.4 Å². The van der Waals surface area contributed by atoms with Crippen molar-refractivity contribution >= 4 is 39.6 Å². The fourth-order valence-electron chi connectivity index (χ4n) is 4.19. The number of aromatic nitrogens is 6. The molecule has 2 aliphatic heterocycles. The van der Waals surface area contributed by atoms with Crippen LogP contribution < -0.4 is 4.90 Å². The lowest BCUT2D eigenvalue weighted by Crippen LogP contribution is -2.51. The highest BCUT2D eigenvalue weighted by atomic mass is 35.5. The zero-order chi connectivity index (χ0) is 20.6. The van der Waals surface area contributed by atoms with Crippen LogP contribution in [0.1, 0.15) is 19.7 Å². The van der Waals surface area contributed by atoms with Crippen molar-refractivity contribution in [2.45, 2.75) is 32.1 Å². The van der Waals surface area contributed by atoms with Crippen molar-refractivity contribution in [3.05, 3.63) is 29.3 Å². The van der Waals surface area contributed by atoms with Crippen LogP contribution in [0.15, 0.2) is 18.5 Å². The number of nitrogens with one attached hydrogen (secondary N) is 1. The number of hydrogen-bond acceptors (Lipinski definition) is 7. The molecule has 0 aromatic carbocycles. The van der Waals surface area contributed by atoms with Gasteiger partial charge in [-0.2, -0.15) is 0 Å². The monoisotopic (exact) mass is 425 g/mol. The second kappa shape index (κ2) is 6.13. The van der Waals surface area contributed by atoms with E-state index in [1.54, 1.807) is 12.4 Å². The van der Waals surface area contributed by atoms with Crippen LogP contribution >= 0.6 is 11.6 Å². The topological polar surface area (TPSA) is 105 Å². The van der Waals surface area contributed by atoms with Crippen LogP contribution in [0.2, 0.25) is 5.02 Å². The number of pyridine rings is 1. The number of ether oxygens (including phenoxy) is 1. The molecule has 4 aromatic rings. The van der Waals surface area contributed by atoms with Crippen molar-refractivity contribution in [3.63, 3.8) is 0 Å². The van der Waals surface area contributed by atoms with Gasteiger partial charge >= 0.3 is 0 Å². The fraction of sp³-hybridized carbons (Fsp3) is 0.400. The Balaban J connectivity index is 1.60. The first-order valence-corrected chi connectivity index (χ1v) is 10.3. The lowest BCUT2D eigenvalue weighted by Gasteiger charge is -2.36. The van der Waals surface area contributed by atoms with E-state index in [2.05, 4.69) is 14.5 Å². The maximum absolute atomic E-state index is 9.85. The quantitative estimate of drug-likeness (QED) is 0.508. The van der Waals surface area contributed by atoms with Crippen LogP contribution in [0, 0.1) is 0 Å². The number of aliphatic hydroxyl groups excluding tert-OH is 1. The zero-order valence-corrected chi connectivity index (χ0v) is 17.3. The Bertz CT molecular complexity index is 1310. The van der Waals surface area contributed by atoms with Crippen LogP contribution in [-0.2, 0) is 16.9 Å². The van der Waals surface area contributed by atoms with Crippen LogP contribution in [-0.4, -0.2) is 60.4 Å². The van der Waals surface area contributed by atoms with Gasteiger partial charge in [-0.3, -0.25) is 0 Å². The van der Waals surface area contributed by atoms with Gasteiger partial charge in [0.25, 0.3) is 0 Å². The number of aliphatic hydroxyl groups is 1. The lowest BCUT2D eigenvalue weighted by molar-refractivity contribution is -0.0530. The van der Waals surface area contributed by atoms with E-state index in [-0.39, 0.29) is 6.10 Å². The summed E-state index contributed by atoms with van der Waals surface area (Å²) >= 11 is 6.29. The van der Waals surface area contributed by atoms with Gasteiger partial charge in [-0.25, -0.2) is 19.9 Å². The molecule has 4 aromatic heterocycles. The van der Waals surface area contributed by atoms with E-state index in [4.69, 9.17) is 31.3 Å². The van der Waals surface area contributed by atoms with Gasteiger partial charge in [-0.1, -0.05) is 11.6 Å². The molecule has 0 spiro atoms. The van der Waals surface area contributed by atoms with Gasteiger partial charge in [0, 0.05) is 43.0 Å². The zero-order valence-electron chi connectivity index (χ0n) is 16.6. The van der Waals surface area contributed by atoms with Crippen molar-refractivity contribution in [3.8, 4) is 11.4 Å². The van der Waals surface area contributed by atoms with Crippen LogP contribution in [0.3, 0.4) is 0 Å². The molecular weight excluding hydrogens is 406 g/mol. The summed E-state index contributed by atoms with van der Waals surface area (Å²) in [5, 5.41) is 11.3. The van der Waals surface area contributed by atoms with Crippen LogP contribution in [0.4, 0.5) is 5.82 Å². The van der Waals surface area contributed by atoms with Gasteiger partial charge in [0.05, 0.1) is 17.7 Å². The highest BCUT2D eigenvalue weighted by molar-refractivity contribution is 6.35. The van der Waals surface area contributed by atoms with E-state index in [1.807, 2.05) is 24.8 Å². The van der Waals surface area contributed by atoms with Crippen LogP contribution in [0.25, 0.3) is 33.6 Å². The summed E-state index contributed by atoms with van der Waals surface area (Å²) < 4.78 is 8.04. The lowest BCUT2D eigenvalue weighted by atomic mass is 10.1. The molecule has 2 N–H and O–H groups in total. The Hall–Kier alpha value is -2.75. The molecule has 9 nitrogen and oxygen atoms in total. The smallest absolute Gasteiger partial charge is 0.166 e. The van der Waals surface area contributed by atoms with Crippen molar-refractivity contribution in [2.24, 2.45) is 0 Å². The first-order chi connectivity index (χ1) is 14.4. The summed E-state index contributed by atoms with van der Waals surface area (Å²) in [6.07, 6.45) is 3.10. The highest BCUT2D eigenvalue weighted by Gasteiger charge is 2.36. The maximum Gasteiger partial charge on any atom is 0.166 e. The Labute approximate surface area is 176 Å². The number of nitrogens with zero attached hydrogens (tertiary/aromatic N) is 6. The number of hydrogen-bond donors (Lipinski definition) is 2. The second-order valence-corrected chi connectivity index (χ2v) is 8.71. The molecule has 0 atom stereocenters. The highest BCUT2D eigenvalue weighted by Crippen LogP contribution is 2.36. The van der Waals surface area contributed by atoms with Gasteiger partial charge in [0.1, 0.15) is 17.1 Å². The summed E-state index contributed by atoms with van der Waals surface area (Å²) in [6.45, 7) is 6.33. The molecular formula is C20H20ClN7O2. The number of β-amino-alcohol motifs (C(OH)–C–C–N with tert-alkyl or cyclic N) is 1. The average molecular weight is 426 g/mol. The molecule has 0 saturated carbocycles. The summed E-state index contributed by atoms with van der Waals surface area (Å²) in [7, 11) is 0. The molecule has 0 bridgehead atoms. The Morgan fingerprint density at radius 2 is 2.10 bits per heavy atom. The molecule has 0 aliphatic carbocycles. The molecule has 6 rings (SSSR count). The van der Waals surface area contributed by atoms with E-state index in [0.29, 0.717) is 37.1 Å². The molecule has 6 heterocycles. The summed E-state index contributed by atoms with van der Waals surface area (Å²) in [5.41, 5.74) is 2.48. The maximum atomic E-state index is 9.85. The summed E-state index contributed by atoms with van der Waals surface area (Å²) in [6, 6.07) is 1.94. The number of aromatic amines is 1. The van der Waals surface area contributed by atoms with Crippen LogP contribution in [0.5, 0.6) is 0 Å². The van der Waals surface area contributed by atoms with Gasteiger partial charge in [0.15, 0.2) is 22.8 Å². The number of anilines is 1. The van der Waals surface area contributed by atoms with Gasteiger partial charge < -0.3 is 24.3 Å². The molecule has 0 unspecified atom stereocenters. The predicted molar refractivity (Wildman–Crippen MR) is 113 cm³/mol. The number of fused-ring (bicyclic) bond motifs is 4. The minimum Gasteiger partial charge on any atom is -0.389 e. The molecule has 0 radical (unpaired) electrons. The first-order valence-electron chi connectivity index (χ1n) is 9.89. The summed E-state index contributed by atoms with van der Waals surface area (Å²) in [5.74, 6) is 2.11. The molecule has 2 aliphatic rings. The number of imidazole rings is 1. The molecule has 10 heteroatoms. The standard InChI is InChI=1S/C20H20ClN7O2/c1-20(2)19-24-14-17(27-8-11(29)9-27)25-15(26-18(14)28(19)3-4-30-20)10-5-12-13(21)7-23-16(12)22-6-10/h5-7,11,29H,3-4,8-9H2,1-2H3,(H,22,23). The Morgan fingerprint density at radius 3 is 2.90 bits per heavy atom. The van der Waals surface area contributed by atoms with Gasteiger partial charge in [-0.15, -0.1) is 0 Å². The molecule has 30 heavy (non-hydrogen) atoms. The molecule has 0 amide bonds. The molecule has 1 saturated heterocycles. The largest absolute Gasteiger partial charge is 0.389 e. The van der Waals surface area contributed by atoms with Crippen molar-refractivity contribution in [1.82, 2.24) is 29.5 Å². The SMILES string of the molecule is CC1(C)OCCn2c1nc1c(N3CC(O)C3)nc(-c3cnc4[nH]cc(Cl)c4c3)nc12. The second-order valence-electron chi connectivity index (χ2n) is 8.30. The average Bonchev–Trinajstić information content (AvgIpc) is 3.26. The number of rotatable bonds is 2. The van der Waals surface area contributed by atoms with Crippen molar-refractivity contribution < 1.29 is 9.84 Å². The van der Waals surface area contributed by atoms with Crippen molar-refractivity contribution in [2.75, 3.05) is 24.6 Å². The van der Waals surface area contributed by atoms with E-state index >= 15 is 0 Å². The van der Waals surface area contributed by atoms with Crippen molar-refractivity contribution in [1.29, 1.82) is 0 Å². The minimum atomic E-state index is -0.510. The van der Waals surface area contributed by atoms with E-state index in [1.165, 1.54) is 0 Å². The molecule has 1 fully saturated rings. The van der Waals surface area contributed by atoms with E-state index < -0.39 is 5.60 Å². The Morgan fingerprint density at radius 1 is 1.27 bits per heavy atom. The number of halogens is 1. The van der Waals surface area contributed by atoms with E-state index in [9.17, 15) is 5.11 Å². The third-order valence-electron chi connectivity index (χ3n) is 5.79. The van der Waals surface area contributed by atoms with Gasteiger partial charge in [0.2, 0.25) is 0 Å².